The van der Waals surface area contributed by atoms with Crippen LogP contribution in [0.5, 0.6) is 5.75 Å². The number of rotatable bonds is 10. The molecule has 0 radical (unpaired) electrons. The van der Waals surface area contributed by atoms with Crippen LogP contribution in [-0.4, -0.2) is 42.2 Å². The molecule has 1 saturated heterocycles. The van der Waals surface area contributed by atoms with E-state index in [2.05, 4.69) is 4.90 Å². The first kappa shape index (κ1) is 21.3. The van der Waals surface area contributed by atoms with Crippen molar-refractivity contribution in [1.29, 1.82) is 0 Å². The molecule has 0 spiro atoms. The summed E-state index contributed by atoms with van der Waals surface area (Å²) in [5.74, 6) is -0.105. The third-order valence-electron chi connectivity index (χ3n) is 5.66. The van der Waals surface area contributed by atoms with Gasteiger partial charge >= 0.3 is 5.97 Å². The van der Waals surface area contributed by atoms with Gasteiger partial charge in [-0.3, -0.25) is 4.79 Å². The van der Waals surface area contributed by atoms with E-state index in [1.54, 1.807) is 6.07 Å². The van der Waals surface area contributed by atoms with Crippen molar-refractivity contribution in [3.63, 3.8) is 0 Å². The summed E-state index contributed by atoms with van der Waals surface area (Å²) in [5, 5.41) is 9.06. The van der Waals surface area contributed by atoms with E-state index in [9.17, 15) is 9.18 Å². The van der Waals surface area contributed by atoms with Crippen LogP contribution in [0, 0.1) is 11.7 Å². The van der Waals surface area contributed by atoms with Gasteiger partial charge in [-0.25, -0.2) is 4.39 Å². The van der Waals surface area contributed by atoms with Gasteiger partial charge in [-0.2, -0.15) is 0 Å². The number of aryl methyl sites for hydroxylation is 2. The Morgan fingerprint density at radius 2 is 1.66 bits per heavy atom. The Morgan fingerprint density at radius 1 is 1.00 bits per heavy atom. The number of likely N-dealkylation sites (tertiary alicyclic amines) is 1. The molecule has 0 unspecified atom stereocenters. The summed E-state index contributed by atoms with van der Waals surface area (Å²) in [6, 6.07) is 14.9. The first-order valence-corrected chi connectivity index (χ1v) is 10.5. The maximum Gasteiger partial charge on any atom is 0.306 e. The number of para-hydroxylation sites is 1. The van der Waals surface area contributed by atoms with Gasteiger partial charge in [-0.1, -0.05) is 36.4 Å². The van der Waals surface area contributed by atoms with Crippen LogP contribution in [0.4, 0.5) is 4.39 Å². The van der Waals surface area contributed by atoms with E-state index in [-0.39, 0.29) is 11.7 Å². The molecule has 1 N–H and O–H groups in total. The standard InChI is InChI=1S/C24H30FNO3/c25-22-9-3-1-7-19(22)11-12-20-8-2-4-10-23(20)29-18-6-5-15-26-16-13-21(14-17-26)24(27)28/h1-4,7-10,21H,5-6,11-18H2,(H,27,28). The van der Waals surface area contributed by atoms with E-state index in [0.717, 1.165) is 68.6 Å². The highest BCUT2D eigenvalue weighted by molar-refractivity contribution is 5.70. The molecule has 0 atom stereocenters. The molecule has 3 rings (SSSR count). The summed E-state index contributed by atoms with van der Waals surface area (Å²) < 4.78 is 19.8. The molecular formula is C24H30FNO3. The molecule has 4 nitrogen and oxygen atoms in total. The predicted molar refractivity (Wildman–Crippen MR) is 112 cm³/mol. The lowest BCUT2D eigenvalue weighted by molar-refractivity contribution is -0.143. The van der Waals surface area contributed by atoms with E-state index < -0.39 is 5.97 Å². The fourth-order valence-corrected chi connectivity index (χ4v) is 3.84. The Morgan fingerprint density at radius 3 is 2.38 bits per heavy atom. The van der Waals surface area contributed by atoms with Crippen LogP contribution in [-0.2, 0) is 17.6 Å². The minimum absolute atomic E-state index is 0.154. The highest BCUT2D eigenvalue weighted by Gasteiger charge is 2.23. The second-order valence-corrected chi connectivity index (χ2v) is 7.71. The molecule has 1 fully saturated rings. The van der Waals surface area contributed by atoms with Gasteiger partial charge in [0.25, 0.3) is 0 Å². The molecule has 0 amide bonds. The minimum Gasteiger partial charge on any atom is -0.493 e. The van der Waals surface area contributed by atoms with Gasteiger partial charge in [0.15, 0.2) is 0 Å². The van der Waals surface area contributed by atoms with Crippen LogP contribution in [0.25, 0.3) is 0 Å². The van der Waals surface area contributed by atoms with Crippen molar-refractivity contribution in [3.8, 4) is 5.75 Å². The summed E-state index contributed by atoms with van der Waals surface area (Å²) in [4.78, 5) is 13.4. The second-order valence-electron chi connectivity index (χ2n) is 7.71. The van der Waals surface area contributed by atoms with Crippen molar-refractivity contribution in [2.45, 2.75) is 38.5 Å². The number of unbranched alkanes of at least 4 members (excludes halogenated alkanes) is 1. The fraction of sp³-hybridized carbons (Fsp3) is 0.458. The Balaban J connectivity index is 1.38. The third-order valence-corrected chi connectivity index (χ3v) is 5.66. The quantitative estimate of drug-likeness (QED) is 0.595. The zero-order valence-electron chi connectivity index (χ0n) is 16.9. The average Bonchev–Trinajstić information content (AvgIpc) is 2.74. The number of hydrogen-bond acceptors (Lipinski definition) is 3. The molecule has 2 aromatic rings. The highest BCUT2D eigenvalue weighted by atomic mass is 19.1. The zero-order chi connectivity index (χ0) is 20.5. The number of ether oxygens (including phenoxy) is 1. The third kappa shape index (κ3) is 6.57. The van der Waals surface area contributed by atoms with Gasteiger partial charge in [-0.05, 0) is 81.4 Å². The monoisotopic (exact) mass is 399 g/mol. The van der Waals surface area contributed by atoms with E-state index in [0.29, 0.717) is 13.0 Å². The molecule has 1 aliphatic heterocycles. The normalized spacial score (nSPS) is 15.3. The summed E-state index contributed by atoms with van der Waals surface area (Å²) in [5.41, 5.74) is 1.83. The van der Waals surface area contributed by atoms with Gasteiger partial charge in [-0.15, -0.1) is 0 Å². The Bertz CT molecular complexity index is 787. The smallest absolute Gasteiger partial charge is 0.306 e. The van der Waals surface area contributed by atoms with Gasteiger partial charge in [0.05, 0.1) is 12.5 Å². The molecule has 0 aromatic heterocycles. The summed E-state index contributed by atoms with van der Waals surface area (Å²) >= 11 is 0. The average molecular weight is 400 g/mol. The SMILES string of the molecule is O=C(O)C1CCN(CCCCOc2ccccc2CCc2ccccc2F)CC1. The van der Waals surface area contributed by atoms with Crippen molar-refractivity contribution in [2.75, 3.05) is 26.2 Å². The van der Waals surface area contributed by atoms with Gasteiger partial charge in [0, 0.05) is 0 Å². The fourth-order valence-electron chi connectivity index (χ4n) is 3.84. The van der Waals surface area contributed by atoms with Crippen LogP contribution in [0.1, 0.15) is 36.8 Å². The molecule has 156 valence electrons. The molecule has 1 heterocycles. The molecular weight excluding hydrogens is 369 g/mol. The zero-order valence-corrected chi connectivity index (χ0v) is 16.9. The van der Waals surface area contributed by atoms with Crippen molar-refractivity contribution in [3.05, 3.63) is 65.5 Å². The number of benzene rings is 2. The summed E-state index contributed by atoms with van der Waals surface area (Å²) in [6.45, 7) is 3.39. The Hall–Kier alpha value is -2.40. The predicted octanol–water partition coefficient (Wildman–Crippen LogP) is 4.57. The topological polar surface area (TPSA) is 49.8 Å². The van der Waals surface area contributed by atoms with Crippen molar-refractivity contribution in [2.24, 2.45) is 5.92 Å². The number of hydrogen-bond donors (Lipinski definition) is 1. The van der Waals surface area contributed by atoms with Crippen LogP contribution >= 0.6 is 0 Å². The molecule has 2 aromatic carbocycles. The number of carbonyl (C=O) groups is 1. The molecule has 0 saturated carbocycles. The van der Waals surface area contributed by atoms with Crippen LogP contribution in [0.3, 0.4) is 0 Å². The van der Waals surface area contributed by atoms with Crippen LogP contribution in [0.15, 0.2) is 48.5 Å². The lowest BCUT2D eigenvalue weighted by Crippen LogP contribution is -2.36. The lowest BCUT2D eigenvalue weighted by atomic mass is 9.97. The number of halogens is 1. The van der Waals surface area contributed by atoms with Crippen molar-refractivity contribution < 1.29 is 19.0 Å². The van der Waals surface area contributed by atoms with Crippen molar-refractivity contribution >= 4 is 5.97 Å². The van der Waals surface area contributed by atoms with Crippen LogP contribution in [0.2, 0.25) is 0 Å². The number of carboxylic acids is 1. The molecule has 0 aliphatic carbocycles. The maximum atomic E-state index is 13.8. The van der Waals surface area contributed by atoms with Crippen LogP contribution < -0.4 is 4.74 Å². The number of nitrogens with zero attached hydrogens (tertiary/aromatic N) is 1. The molecule has 1 aliphatic rings. The first-order valence-electron chi connectivity index (χ1n) is 10.5. The van der Waals surface area contributed by atoms with Crippen molar-refractivity contribution in [1.82, 2.24) is 4.90 Å². The molecule has 0 bridgehead atoms. The maximum absolute atomic E-state index is 13.8. The van der Waals surface area contributed by atoms with E-state index in [4.69, 9.17) is 9.84 Å². The number of carboxylic acid groups (broad SMARTS) is 1. The van der Waals surface area contributed by atoms with E-state index >= 15 is 0 Å². The summed E-state index contributed by atoms with van der Waals surface area (Å²) in [6.07, 6.45) is 4.90. The Kier molecular flexibility index (Phi) is 8.05. The largest absolute Gasteiger partial charge is 0.493 e. The van der Waals surface area contributed by atoms with E-state index in [1.807, 2.05) is 36.4 Å². The van der Waals surface area contributed by atoms with Gasteiger partial charge in [0.2, 0.25) is 0 Å². The minimum atomic E-state index is -0.660. The molecule has 29 heavy (non-hydrogen) atoms. The first-order chi connectivity index (χ1) is 14.1. The van der Waals surface area contributed by atoms with Gasteiger partial charge < -0.3 is 14.7 Å². The Labute approximate surface area is 172 Å². The highest BCUT2D eigenvalue weighted by Crippen LogP contribution is 2.21. The molecule has 5 heteroatoms. The number of aliphatic carboxylic acids is 1. The number of piperidine rings is 1. The summed E-state index contributed by atoms with van der Waals surface area (Å²) in [7, 11) is 0. The van der Waals surface area contributed by atoms with Gasteiger partial charge in [0.1, 0.15) is 11.6 Å². The van der Waals surface area contributed by atoms with E-state index in [1.165, 1.54) is 6.07 Å². The second kappa shape index (κ2) is 11.0. The lowest BCUT2D eigenvalue weighted by Gasteiger charge is -2.29.